The van der Waals surface area contributed by atoms with Crippen LogP contribution in [0.3, 0.4) is 0 Å². The van der Waals surface area contributed by atoms with Crippen LogP contribution in [0.2, 0.25) is 0 Å². The lowest BCUT2D eigenvalue weighted by molar-refractivity contribution is 0.289. The number of rotatable bonds is 6. The molecule has 4 heteroatoms. The molecule has 0 N–H and O–H groups in total. The summed E-state index contributed by atoms with van der Waals surface area (Å²) in [6.45, 7) is 2.28. The second-order valence-corrected chi connectivity index (χ2v) is 5.70. The van der Waals surface area contributed by atoms with E-state index in [-0.39, 0.29) is 0 Å². The van der Waals surface area contributed by atoms with Gasteiger partial charge in [0.05, 0.1) is 0 Å². The minimum atomic E-state index is 0.321. The van der Waals surface area contributed by atoms with Gasteiger partial charge in [0.2, 0.25) is 0 Å². The molecule has 0 aromatic heterocycles. The Kier molecular flexibility index (Phi) is 4.83. The summed E-state index contributed by atoms with van der Waals surface area (Å²) in [5.41, 5.74) is 12.2. The zero-order valence-corrected chi connectivity index (χ0v) is 12.5. The molecule has 0 unspecified atom stereocenters. The Balaban J connectivity index is 2.15. The van der Waals surface area contributed by atoms with Crippen LogP contribution in [0.25, 0.3) is 10.4 Å². The number of hydrogen-bond donors (Lipinski definition) is 0. The predicted molar refractivity (Wildman–Crippen MR) is 83.0 cm³/mol. The fourth-order valence-electron chi connectivity index (χ4n) is 2.94. The maximum atomic E-state index is 8.68. The molecule has 106 valence electrons. The number of allylic oxidation sites excluding steroid dienone is 6. The maximum absolute atomic E-state index is 8.68. The van der Waals surface area contributed by atoms with Gasteiger partial charge in [-0.2, -0.15) is 0 Å². The van der Waals surface area contributed by atoms with E-state index in [1.165, 1.54) is 11.1 Å². The van der Waals surface area contributed by atoms with Crippen LogP contribution in [0.15, 0.2) is 52.3 Å². The van der Waals surface area contributed by atoms with E-state index in [9.17, 15) is 0 Å². The Bertz CT molecular complexity index is 531. The van der Waals surface area contributed by atoms with Crippen molar-refractivity contribution in [3.8, 4) is 0 Å². The predicted octanol–water partition coefficient (Wildman–Crippen LogP) is 4.35. The van der Waals surface area contributed by atoms with Crippen LogP contribution in [0, 0.1) is 5.92 Å². The van der Waals surface area contributed by atoms with Gasteiger partial charge >= 0.3 is 0 Å². The van der Waals surface area contributed by atoms with Crippen molar-refractivity contribution in [3.63, 3.8) is 0 Å². The Morgan fingerprint density at radius 3 is 2.75 bits per heavy atom. The van der Waals surface area contributed by atoms with Crippen LogP contribution in [0.1, 0.15) is 26.2 Å². The first-order valence-electron chi connectivity index (χ1n) is 7.10. The molecule has 0 saturated carbocycles. The lowest BCUT2D eigenvalue weighted by atomic mass is 9.88. The van der Waals surface area contributed by atoms with Gasteiger partial charge in [0, 0.05) is 16.7 Å². The van der Waals surface area contributed by atoms with E-state index in [4.69, 9.17) is 5.53 Å². The van der Waals surface area contributed by atoms with E-state index >= 15 is 0 Å². The van der Waals surface area contributed by atoms with Crippen molar-refractivity contribution in [2.75, 3.05) is 14.1 Å². The third-order valence-corrected chi connectivity index (χ3v) is 4.13. The van der Waals surface area contributed by atoms with Crippen LogP contribution in [-0.4, -0.2) is 25.0 Å². The highest BCUT2D eigenvalue weighted by Crippen LogP contribution is 2.32. The molecular formula is C16H22N4. The molecule has 2 atom stereocenters. The number of hydrogen-bond acceptors (Lipinski definition) is 2. The van der Waals surface area contributed by atoms with Crippen LogP contribution in [-0.2, 0) is 0 Å². The molecule has 0 saturated heterocycles. The zero-order valence-electron chi connectivity index (χ0n) is 12.5. The van der Waals surface area contributed by atoms with Gasteiger partial charge in [-0.25, -0.2) is 0 Å². The minimum Gasteiger partial charge on any atom is -0.303 e. The summed E-state index contributed by atoms with van der Waals surface area (Å²) in [6.07, 6.45) is 13.6. The third kappa shape index (κ3) is 3.21. The Hall–Kier alpha value is -1.77. The average molecular weight is 270 g/mol. The molecule has 2 aliphatic rings. The third-order valence-electron chi connectivity index (χ3n) is 4.13. The second-order valence-electron chi connectivity index (χ2n) is 5.70. The molecular weight excluding hydrogens is 248 g/mol. The molecule has 20 heavy (non-hydrogen) atoms. The fraction of sp³-hybridized carbons (Fsp3) is 0.500. The summed E-state index contributed by atoms with van der Waals surface area (Å²) in [6, 6.07) is 0.321. The summed E-state index contributed by atoms with van der Waals surface area (Å²) >= 11 is 0. The van der Waals surface area contributed by atoms with Crippen molar-refractivity contribution >= 4 is 0 Å². The molecule has 0 radical (unpaired) electrons. The lowest BCUT2D eigenvalue weighted by Gasteiger charge is -2.29. The monoisotopic (exact) mass is 270 g/mol. The molecule has 0 spiro atoms. The standard InChI is InChI=1S/C16H22N4/c1-12(13-7-4-5-8-13)11-16(20(2)3)14-9-6-10-15(14)18-19-17/h4-7,10,12,16H,8-9,11H2,1-3H3/t12-,16-/m1/s1. The summed E-state index contributed by atoms with van der Waals surface area (Å²) < 4.78 is 0. The normalized spacial score (nSPS) is 20.3. The van der Waals surface area contributed by atoms with Gasteiger partial charge < -0.3 is 4.90 Å². The minimum absolute atomic E-state index is 0.321. The van der Waals surface area contributed by atoms with Crippen molar-refractivity contribution in [1.82, 2.24) is 4.90 Å². The highest BCUT2D eigenvalue weighted by molar-refractivity contribution is 5.36. The van der Waals surface area contributed by atoms with Crippen LogP contribution >= 0.6 is 0 Å². The number of azide groups is 1. The van der Waals surface area contributed by atoms with E-state index in [2.05, 4.69) is 60.2 Å². The van der Waals surface area contributed by atoms with E-state index < -0.39 is 0 Å². The SMILES string of the molecule is C[C@H](C[C@H](C1=C(N=[N+]=[N-])C=CC1)N(C)C)C1=CC=CC1. The Labute approximate surface area is 120 Å². The molecule has 0 amide bonds. The van der Waals surface area contributed by atoms with Gasteiger partial charge in [-0.05, 0) is 50.4 Å². The molecule has 0 bridgehead atoms. The number of likely N-dealkylation sites (N-methyl/N-ethyl adjacent to an activating group) is 1. The zero-order chi connectivity index (χ0) is 14.5. The van der Waals surface area contributed by atoms with Gasteiger partial charge in [0.25, 0.3) is 0 Å². The molecule has 0 fully saturated rings. The second kappa shape index (κ2) is 6.60. The summed E-state index contributed by atoms with van der Waals surface area (Å²) in [5.74, 6) is 0.540. The average Bonchev–Trinajstić information content (AvgIpc) is 3.07. The number of nitrogens with zero attached hydrogens (tertiary/aromatic N) is 4. The Morgan fingerprint density at radius 1 is 1.35 bits per heavy atom. The molecule has 0 aromatic carbocycles. The van der Waals surface area contributed by atoms with Gasteiger partial charge in [-0.1, -0.05) is 48.0 Å². The maximum Gasteiger partial charge on any atom is 0.0383 e. The highest BCUT2D eigenvalue weighted by Gasteiger charge is 2.24. The van der Waals surface area contributed by atoms with Crippen LogP contribution in [0.4, 0.5) is 0 Å². The van der Waals surface area contributed by atoms with E-state index in [1.54, 1.807) is 0 Å². The van der Waals surface area contributed by atoms with Gasteiger partial charge in [0.15, 0.2) is 0 Å². The van der Waals surface area contributed by atoms with Crippen molar-refractivity contribution in [2.24, 2.45) is 11.0 Å². The van der Waals surface area contributed by atoms with Gasteiger partial charge in [-0.15, -0.1) is 0 Å². The molecule has 0 heterocycles. The van der Waals surface area contributed by atoms with Gasteiger partial charge in [0.1, 0.15) is 0 Å². The highest BCUT2D eigenvalue weighted by atomic mass is 15.1. The van der Waals surface area contributed by atoms with Crippen LogP contribution in [0.5, 0.6) is 0 Å². The van der Waals surface area contributed by atoms with Crippen LogP contribution < -0.4 is 0 Å². The topological polar surface area (TPSA) is 52.0 Å². The molecule has 4 nitrogen and oxygen atoms in total. The molecule has 2 rings (SSSR count). The quantitative estimate of drug-likeness (QED) is 0.402. The lowest BCUT2D eigenvalue weighted by Crippen LogP contribution is -2.32. The summed E-state index contributed by atoms with van der Waals surface area (Å²) in [5, 5.41) is 3.83. The van der Waals surface area contributed by atoms with Crippen molar-refractivity contribution < 1.29 is 0 Å². The first-order valence-corrected chi connectivity index (χ1v) is 7.10. The molecule has 0 aromatic rings. The van der Waals surface area contributed by atoms with E-state index in [0.717, 1.165) is 25.0 Å². The van der Waals surface area contributed by atoms with Gasteiger partial charge in [-0.3, -0.25) is 0 Å². The first-order chi connectivity index (χ1) is 9.63. The Morgan fingerprint density at radius 2 is 2.15 bits per heavy atom. The van der Waals surface area contributed by atoms with Crippen molar-refractivity contribution in [1.29, 1.82) is 0 Å². The van der Waals surface area contributed by atoms with E-state index in [0.29, 0.717) is 12.0 Å². The van der Waals surface area contributed by atoms with Crippen molar-refractivity contribution in [2.45, 2.75) is 32.2 Å². The largest absolute Gasteiger partial charge is 0.303 e. The fourth-order valence-corrected chi connectivity index (χ4v) is 2.94. The summed E-state index contributed by atoms with van der Waals surface area (Å²) in [7, 11) is 4.19. The molecule has 2 aliphatic carbocycles. The molecule has 0 aliphatic heterocycles. The van der Waals surface area contributed by atoms with Crippen molar-refractivity contribution in [3.05, 3.63) is 57.7 Å². The van der Waals surface area contributed by atoms with E-state index in [1.807, 2.05) is 6.08 Å². The summed E-state index contributed by atoms with van der Waals surface area (Å²) in [4.78, 5) is 5.17. The smallest absolute Gasteiger partial charge is 0.0383 e. The first kappa shape index (κ1) is 14.6.